The third-order valence-electron chi connectivity index (χ3n) is 4.55. The Morgan fingerprint density at radius 1 is 1.25 bits per heavy atom. The number of anilines is 1. The summed E-state index contributed by atoms with van der Waals surface area (Å²) in [6.45, 7) is -0.576. The molecule has 0 atom stereocenters. The Bertz CT molecular complexity index is 1160. The van der Waals surface area contributed by atoms with E-state index in [9.17, 15) is 24.5 Å². The molecule has 2 aliphatic heterocycles. The lowest BCUT2D eigenvalue weighted by molar-refractivity contribution is -0.385. The summed E-state index contributed by atoms with van der Waals surface area (Å²) in [5.41, 5.74) is 0.236. The number of carbonyl (C=O) groups excluding carboxylic acids is 3. The van der Waals surface area contributed by atoms with Crippen LogP contribution in [0.1, 0.15) is 5.56 Å². The van der Waals surface area contributed by atoms with Crippen LogP contribution in [0.5, 0.6) is 17.2 Å². The van der Waals surface area contributed by atoms with Crippen molar-refractivity contribution in [1.29, 1.82) is 0 Å². The highest BCUT2D eigenvalue weighted by Crippen LogP contribution is 2.40. The number of methoxy groups -OCH3 is 1. The van der Waals surface area contributed by atoms with Crippen LogP contribution in [0.2, 0.25) is 0 Å². The topological polar surface area (TPSA) is 137 Å². The third-order valence-corrected chi connectivity index (χ3v) is 5.46. The Hall–Kier alpha value is -4.06. The second-order valence-corrected chi connectivity index (χ2v) is 7.56. The highest BCUT2D eigenvalue weighted by atomic mass is 32.2. The molecule has 1 N–H and O–H groups in total. The van der Waals surface area contributed by atoms with Gasteiger partial charge in [0.05, 0.1) is 28.6 Å². The summed E-state index contributed by atoms with van der Waals surface area (Å²) in [5.74, 6) is -0.182. The molecule has 0 spiro atoms. The van der Waals surface area contributed by atoms with Crippen molar-refractivity contribution in [2.24, 2.45) is 0 Å². The van der Waals surface area contributed by atoms with Crippen molar-refractivity contribution in [3.63, 3.8) is 0 Å². The predicted octanol–water partition coefficient (Wildman–Crippen LogP) is 3.01. The second kappa shape index (κ2) is 8.59. The molecule has 2 aromatic rings. The summed E-state index contributed by atoms with van der Waals surface area (Å²) < 4.78 is 15.4. The molecule has 11 nitrogen and oxygen atoms in total. The van der Waals surface area contributed by atoms with Crippen LogP contribution in [-0.4, -0.2) is 47.3 Å². The number of rotatable bonds is 6. The van der Waals surface area contributed by atoms with Gasteiger partial charge in [0, 0.05) is 5.69 Å². The van der Waals surface area contributed by atoms with Crippen molar-refractivity contribution < 1.29 is 33.5 Å². The van der Waals surface area contributed by atoms with E-state index in [0.717, 1.165) is 4.90 Å². The van der Waals surface area contributed by atoms with Crippen molar-refractivity contribution in [2.75, 3.05) is 25.8 Å². The number of nitrogens with zero attached hydrogens (tertiary/aromatic N) is 2. The molecule has 32 heavy (non-hydrogen) atoms. The van der Waals surface area contributed by atoms with Gasteiger partial charge in [0.15, 0.2) is 11.5 Å². The minimum absolute atomic E-state index is 0.0470. The Balaban J connectivity index is 1.51. The van der Waals surface area contributed by atoms with Gasteiger partial charge in [0.2, 0.25) is 12.7 Å². The van der Waals surface area contributed by atoms with E-state index in [0.29, 0.717) is 28.9 Å². The molecule has 0 saturated carbocycles. The van der Waals surface area contributed by atoms with Crippen LogP contribution in [0.25, 0.3) is 6.08 Å². The van der Waals surface area contributed by atoms with E-state index in [4.69, 9.17) is 14.2 Å². The van der Waals surface area contributed by atoms with Gasteiger partial charge in [-0.3, -0.25) is 29.4 Å². The van der Waals surface area contributed by atoms with Crippen LogP contribution >= 0.6 is 11.8 Å². The average molecular weight is 457 g/mol. The normalized spacial score (nSPS) is 15.9. The summed E-state index contributed by atoms with van der Waals surface area (Å²) in [6.07, 6.45) is 1.23. The van der Waals surface area contributed by atoms with Gasteiger partial charge >= 0.3 is 0 Å². The summed E-state index contributed by atoms with van der Waals surface area (Å²) in [5, 5.41) is 13.3. The molecule has 0 unspecified atom stereocenters. The van der Waals surface area contributed by atoms with Gasteiger partial charge in [0.25, 0.3) is 16.8 Å². The van der Waals surface area contributed by atoms with Crippen molar-refractivity contribution in [3.05, 3.63) is 57.0 Å². The molecule has 3 amide bonds. The van der Waals surface area contributed by atoms with E-state index in [1.54, 1.807) is 24.3 Å². The zero-order valence-corrected chi connectivity index (χ0v) is 17.3. The maximum atomic E-state index is 12.7. The fraction of sp³-hybridized carbons (Fsp3) is 0.150. The van der Waals surface area contributed by atoms with E-state index in [1.807, 2.05) is 0 Å². The van der Waals surface area contributed by atoms with E-state index in [2.05, 4.69) is 5.32 Å². The number of amides is 3. The van der Waals surface area contributed by atoms with Gasteiger partial charge in [-0.2, -0.15) is 0 Å². The molecule has 2 heterocycles. The number of imide groups is 1. The van der Waals surface area contributed by atoms with Gasteiger partial charge in [-0.25, -0.2) is 0 Å². The number of carbonyl (C=O) groups is 3. The zero-order chi connectivity index (χ0) is 22.8. The molecule has 1 saturated heterocycles. The Morgan fingerprint density at radius 3 is 2.59 bits per heavy atom. The maximum absolute atomic E-state index is 12.7. The Labute approximate surface area is 185 Å². The molecule has 1 fully saturated rings. The lowest BCUT2D eigenvalue weighted by atomic mass is 10.1. The van der Waals surface area contributed by atoms with Crippen molar-refractivity contribution >= 4 is 46.3 Å². The molecular weight excluding hydrogens is 442 g/mol. The smallest absolute Gasteiger partial charge is 0.294 e. The third kappa shape index (κ3) is 4.21. The molecular formula is C20H15N3O8S. The molecule has 2 aliphatic rings. The first-order chi connectivity index (χ1) is 15.4. The maximum Gasteiger partial charge on any atom is 0.294 e. The zero-order valence-electron chi connectivity index (χ0n) is 16.5. The first-order valence-electron chi connectivity index (χ1n) is 9.13. The largest absolute Gasteiger partial charge is 0.497 e. The fourth-order valence-corrected chi connectivity index (χ4v) is 3.85. The molecule has 2 aromatic carbocycles. The monoisotopic (exact) mass is 457 g/mol. The fourth-order valence-electron chi connectivity index (χ4n) is 3.02. The standard InChI is InChI=1S/C20H15N3O8S/c1-29-13-4-2-12(3-5-13)21-18(24)9-22-19(25)17(32-20(22)26)7-11-6-15-16(31-10-30-15)8-14(11)23(27)28/h2-8H,9-10H2,1H3,(H,21,24)/b17-7-. The van der Waals surface area contributed by atoms with E-state index in [-0.39, 0.29) is 28.7 Å². The molecule has 0 aromatic heterocycles. The summed E-state index contributed by atoms with van der Waals surface area (Å²) in [6, 6.07) is 9.09. The number of nitro benzene ring substituents is 1. The molecule has 164 valence electrons. The summed E-state index contributed by atoms with van der Waals surface area (Å²) >= 11 is 0.591. The Morgan fingerprint density at radius 2 is 1.94 bits per heavy atom. The van der Waals surface area contributed by atoms with E-state index in [1.165, 1.54) is 25.3 Å². The number of fused-ring (bicyclic) bond motifs is 1. The molecule has 0 aliphatic carbocycles. The van der Waals surface area contributed by atoms with Gasteiger partial charge < -0.3 is 19.5 Å². The minimum Gasteiger partial charge on any atom is -0.497 e. The van der Waals surface area contributed by atoms with Crippen LogP contribution in [0, 0.1) is 10.1 Å². The lowest BCUT2D eigenvalue weighted by Gasteiger charge is -2.12. The number of nitro groups is 1. The quantitative estimate of drug-likeness (QED) is 0.394. The minimum atomic E-state index is -0.725. The first kappa shape index (κ1) is 21.2. The number of hydrogen-bond acceptors (Lipinski definition) is 9. The van der Waals surface area contributed by atoms with Crippen molar-refractivity contribution in [1.82, 2.24) is 4.90 Å². The van der Waals surface area contributed by atoms with Crippen LogP contribution in [0.3, 0.4) is 0 Å². The van der Waals surface area contributed by atoms with Crippen molar-refractivity contribution in [3.8, 4) is 17.2 Å². The van der Waals surface area contributed by atoms with E-state index < -0.39 is 28.5 Å². The number of thioether (sulfide) groups is 1. The second-order valence-electron chi connectivity index (χ2n) is 6.57. The number of nitrogens with one attached hydrogen (secondary N) is 1. The molecule has 12 heteroatoms. The highest BCUT2D eigenvalue weighted by molar-refractivity contribution is 8.18. The number of benzene rings is 2. The van der Waals surface area contributed by atoms with Gasteiger partial charge in [-0.15, -0.1) is 0 Å². The van der Waals surface area contributed by atoms with Crippen LogP contribution in [0.4, 0.5) is 16.2 Å². The highest BCUT2D eigenvalue weighted by Gasteiger charge is 2.37. The SMILES string of the molecule is COc1ccc(NC(=O)CN2C(=O)S/C(=C\c3cc4c(cc3[N+](=O)[O-])OCO4)C2=O)cc1. The summed E-state index contributed by atoms with van der Waals surface area (Å²) in [4.78, 5) is 48.8. The van der Waals surface area contributed by atoms with Crippen molar-refractivity contribution in [2.45, 2.75) is 0 Å². The first-order valence-corrected chi connectivity index (χ1v) is 9.94. The van der Waals surface area contributed by atoms with Gasteiger partial charge in [0.1, 0.15) is 12.3 Å². The molecule has 0 radical (unpaired) electrons. The lowest BCUT2D eigenvalue weighted by Crippen LogP contribution is -2.36. The molecule has 0 bridgehead atoms. The molecule has 4 rings (SSSR count). The van der Waals surface area contributed by atoms with Crippen LogP contribution in [-0.2, 0) is 9.59 Å². The van der Waals surface area contributed by atoms with Gasteiger partial charge in [-0.05, 0) is 48.2 Å². The van der Waals surface area contributed by atoms with Gasteiger partial charge in [-0.1, -0.05) is 0 Å². The predicted molar refractivity (Wildman–Crippen MR) is 114 cm³/mol. The van der Waals surface area contributed by atoms with E-state index >= 15 is 0 Å². The van der Waals surface area contributed by atoms with Crippen LogP contribution in [0.15, 0.2) is 41.3 Å². The average Bonchev–Trinajstić information content (AvgIpc) is 3.33. The Kier molecular flexibility index (Phi) is 5.69. The number of ether oxygens (including phenoxy) is 3. The number of hydrogen-bond donors (Lipinski definition) is 1. The van der Waals surface area contributed by atoms with Crippen LogP contribution < -0.4 is 19.5 Å². The summed E-state index contributed by atoms with van der Waals surface area (Å²) in [7, 11) is 1.51.